The lowest BCUT2D eigenvalue weighted by Gasteiger charge is -2.19. The highest BCUT2D eigenvalue weighted by molar-refractivity contribution is 7.99. The van der Waals surface area contributed by atoms with Gasteiger partial charge in [0.2, 0.25) is 0 Å². The zero-order valence-corrected chi connectivity index (χ0v) is 17.7. The third kappa shape index (κ3) is 4.05. The van der Waals surface area contributed by atoms with E-state index in [-0.39, 0.29) is 11.3 Å². The number of nitrogens with zero attached hydrogens (tertiary/aromatic N) is 4. The Kier molecular flexibility index (Phi) is 4.92. The Balaban J connectivity index is 1.72. The number of phenolic OH excluding ortho intramolecular Hbond substituents is 1. The van der Waals surface area contributed by atoms with Crippen molar-refractivity contribution in [1.82, 2.24) is 19.7 Å². The summed E-state index contributed by atoms with van der Waals surface area (Å²) < 4.78 is 1.91. The molecule has 0 radical (unpaired) electrons. The Morgan fingerprint density at radius 1 is 1.03 bits per heavy atom. The van der Waals surface area contributed by atoms with Crippen LogP contribution in [0.1, 0.15) is 26.3 Å². The number of nitrogens with one attached hydrogen (secondary N) is 1. The molecule has 2 aromatic heterocycles. The smallest absolute Gasteiger partial charge is 0.163 e. The first-order valence-corrected chi connectivity index (χ1v) is 10.2. The van der Waals surface area contributed by atoms with Crippen molar-refractivity contribution >= 4 is 34.3 Å². The summed E-state index contributed by atoms with van der Waals surface area (Å²) in [6.45, 7) is 8.36. The number of benzene rings is 2. The van der Waals surface area contributed by atoms with E-state index in [2.05, 4.69) is 66.3 Å². The van der Waals surface area contributed by atoms with Gasteiger partial charge in [0.05, 0.1) is 22.8 Å². The van der Waals surface area contributed by atoms with Gasteiger partial charge >= 0.3 is 0 Å². The number of anilines is 2. The average molecular weight is 406 g/mol. The molecule has 2 heterocycles. The maximum atomic E-state index is 9.52. The number of hydrogen-bond acceptors (Lipinski definition) is 6. The van der Waals surface area contributed by atoms with Crippen molar-refractivity contribution < 1.29 is 5.11 Å². The fourth-order valence-electron chi connectivity index (χ4n) is 3.03. The minimum absolute atomic E-state index is 0.170. The molecule has 2 aromatic carbocycles. The largest absolute Gasteiger partial charge is 0.508 e. The third-order valence-electron chi connectivity index (χ3n) is 4.45. The molecule has 0 saturated heterocycles. The van der Waals surface area contributed by atoms with E-state index in [4.69, 9.17) is 0 Å². The van der Waals surface area contributed by atoms with Crippen LogP contribution in [0.2, 0.25) is 0 Å². The topological polar surface area (TPSA) is 75.9 Å². The molecule has 4 rings (SSSR count). The molecule has 0 aliphatic carbocycles. The summed E-state index contributed by atoms with van der Waals surface area (Å²) >= 11 is 1.63. The summed E-state index contributed by atoms with van der Waals surface area (Å²) in [6, 6.07) is 13.5. The summed E-state index contributed by atoms with van der Waals surface area (Å²) in [7, 11) is 0. The molecule has 0 bridgehead atoms. The molecule has 7 heteroatoms. The van der Waals surface area contributed by atoms with E-state index in [1.54, 1.807) is 30.2 Å². The van der Waals surface area contributed by atoms with Crippen molar-refractivity contribution in [2.75, 3.05) is 5.32 Å². The van der Waals surface area contributed by atoms with Crippen LogP contribution in [0.4, 0.5) is 11.5 Å². The number of phenols is 1. The second kappa shape index (κ2) is 7.40. The second-order valence-corrected chi connectivity index (χ2v) is 9.02. The lowest BCUT2D eigenvalue weighted by molar-refractivity contribution is 0.366. The van der Waals surface area contributed by atoms with Gasteiger partial charge in [-0.25, -0.2) is 14.6 Å². The quantitative estimate of drug-likeness (QED) is 0.467. The molecule has 0 aliphatic rings. The minimum atomic E-state index is -0.170. The fourth-order valence-corrected chi connectivity index (χ4v) is 3.92. The van der Waals surface area contributed by atoms with Gasteiger partial charge in [0, 0.05) is 9.79 Å². The highest BCUT2D eigenvalue weighted by Gasteiger charge is 2.20. The summed E-state index contributed by atoms with van der Waals surface area (Å²) in [6.07, 6.45) is 3.38. The van der Waals surface area contributed by atoms with Gasteiger partial charge in [-0.1, -0.05) is 17.8 Å². The van der Waals surface area contributed by atoms with Crippen LogP contribution in [-0.2, 0) is 5.54 Å². The van der Waals surface area contributed by atoms with Crippen LogP contribution < -0.4 is 5.32 Å². The normalized spacial score (nSPS) is 11.7. The predicted octanol–water partition coefficient (Wildman–Crippen LogP) is 5.49. The highest BCUT2D eigenvalue weighted by Crippen LogP contribution is 2.37. The van der Waals surface area contributed by atoms with Gasteiger partial charge in [0.15, 0.2) is 5.65 Å². The minimum Gasteiger partial charge on any atom is -0.508 e. The molecule has 0 aliphatic heterocycles. The monoisotopic (exact) mass is 405 g/mol. The molecule has 2 N–H and O–H groups in total. The summed E-state index contributed by atoms with van der Waals surface area (Å²) in [5.74, 6) is 0.986. The number of rotatable bonds is 4. The number of aromatic hydroxyl groups is 1. The van der Waals surface area contributed by atoms with Crippen LogP contribution >= 0.6 is 11.8 Å². The van der Waals surface area contributed by atoms with Gasteiger partial charge in [-0.3, -0.25) is 0 Å². The zero-order chi connectivity index (χ0) is 20.6. The van der Waals surface area contributed by atoms with Crippen molar-refractivity contribution in [3.63, 3.8) is 0 Å². The maximum absolute atomic E-state index is 9.52. The molecular formula is C22H23N5OS. The van der Waals surface area contributed by atoms with Crippen LogP contribution in [0.25, 0.3) is 11.0 Å². The first kappa shape index (κ1) is 19.3. The molecule has 0 unspecified atom stereocenters. The number of aromatic nitrogens is 4. The van der Waals surface area contributed by atoms with Gasteiger partial charge in [0.25, 0.3) is 0 Å². The molecule has 0 atom stereocenters. The van der Waals surface area contributed by atoms with Crippen LogP contribution in [0.15, 0.2) is 64.8 Å². The van der Waals surface area contributed by atoms with Gasteiger partial charge < -0.3 is 10.4 Å². The molecule has 4 aromatic rings. The van der Waals surface area contributed by atoms with Gasteiger partial charge in [-0.15, -0.1) is 0 Å². The zero-order valence-electron chi connectivity index (χ0n) is 16.8. The van der Waals surface area contributed by atoms with E-state index in [1.165, 1.54) is 0 Å². The SMILES string of the molecule is Cc1ccc(Sc2ccc(O)cc2)c(Nc2ncnc3c2cnn3C(C)(C)C)c1. The molecular weight excluding hydrogens is 382 g/mol. The Hall–Kier alpha value is -3.06. The highest BCUT2D eigenvalue weighted by atomic mass is 32.2. The molecule has 0 saturated carbocycles. The molecule has 6 nitrogen and oxygen atoms in total. The van der Waals surface area contributed by atoms with E-state index in [9.17, 15) is 5.11 Å². The van der Waals surface area contributed by atoms with Crippen molar-refractivity contribution in [3.8, 4) is 5.75 Å². The first-order chi connectivity index (χ1) is 13.8. The van der Waals surface area contributed by atoms with E-state index in [1.807, 2.05) is 23.0 Å². The number of fused-ring (bicyclic) bond motifs is 1. The van der Waals surface area contributed by atoms with Crippen LogP contribution in [-0.4, -0.2) is 24.9 Å². The first-order valence-electron chi connectivity index (χ1n) is 9.35. The molecule has 0 amide bonds. The maximum Gasteiger partial charge on any atom is 0.163 e. The van der Waals surface area contributed by atoms with E-state index in [0.29, 0.717) is 0 Å². The molecule has 29 heavy (non-hydrogen) atoms. The van der Waals surface area contributed by atoms with E-state index < -0.39 is 0 Å². The average Bonchev–Trinajstić information content (AvgIpc) is 3.11. The number of aryl methyl sites for hydroxylation is 1. The van der Waals surface area contributed by atoms with Gasteiger partial charge in [-0.05, 0) is 69.7 Å². The second-order valence-electron chi connectivity index (χ2n) is 7.91. The standard InChI is InChI=1S/C22H23N5OS/c1-14-5-10-19(29-16-8-6-15(28)7-9-16)18(11-14)26-20-17-12-25-27(22(2,3)4)21(17)24-13-23-20/h5-13,28H,1-4H3,(H,23,24,26). The molecule has 148 valence electrons. The van der Waals surface area contributed by atoms with E-state index in [0.717, 1.165) is 37.9 Å². The van der Waals surface area contributed by atoms with Crippen molar-refractivity contribution in [1.29, 1.82) is 0 Å². The Labute approximate surface area is 174 Å². The van der Waals surface area contributed by atoms with Crippen LogP contribution in [0.5, 0.6) is 5.75 Å². The third-order valence-corrected chi connectivity index (χ3v) is 5.54. The van der Waals surface area contributed by atoms with Gasteiger partial charge in [0.1, 0.15) is 17.9 Å². The van der Waals surface area contributed by atoms with Crippen LogP contribution in [0.3, 0.4) is 0 Å². The lowest BCUT2D eigenvalue weighted by Crippen LogP contribution is -2.23. The van der Waals surface area contributed by atoms with Crippen molar-refractivity contribution in [2.24, 2.45) is 0 Å². The van der Waals surface area contributed by atoms with E-state index >= 15 is 0 Å². The summed E-state index contributed by atoms with van der Waals surface area (Å²) in [4.78, 5) is 11.0. The number of hydrogen-bond donors (Lipinski definition) is 2. The molecule has 0 spiro atoms. The Morgan fingerprint density at radius 3 is 2.52 bits per heavy atom. The molecule has 0 fully saturated rings. The Morgan fingerprint density at radius 2 is 1.79 bits per heavy atom. The van der Waals surface area contributed by atoms with Crippen molar-refractivity contribution in [3.05, 3.63) is 60.6 Å². The van der Waals surface area contributed by atoms with Crippen molar-refractivity contribution in [2.45, 2.75) is 43.0 Å². The van der Waals surface area contributed by atoms with Gasteiger partial charge in [-0.2, -0.15) is 5.10 Å². The van der Waals surface area contributed by atoms with Crippen LogP contribution in [0, 0.1) is 6.92 Å². The Bertz CT molecular complexity index is 1160. The summed E-state index contributed by atoms with van der Waals surface area (Å²) in [5.41, 5.74) is 2.75. The summed E-state index contributed by atoms with van der Waals surface area (Å²) in [5, 5.41) is 18.4. The predicted molar refractivity (Wildman–Crippen MR) is 117 cm³/mol. The lowest BCUT2D eigenvalue weighted by atomic mass is 10.1. The fraction of sp³-hybridized carbons (Fsp3) is 0.227.